The standard InChI is InChI=1S/C13H19NO3/c1-4-16-12(15)13(3,14)9-17-11-7-5-10(2)6-8-11/h5-8H,4,9,14H2,1-3H3. The van der Waals surface area contributed by atoms with Crippen molar-refractivity contribution in [3.63, 3.8) is 0 Å². The molecule has 0 saturated carbocycles. The van der Waals surface area contributed by atoms with E-state index in [0.717, 1.165) is 5.56 Å². The Kier molecular flexibility index (Phi) is 4.52. The van der Waals surface area contributed by atoms with E-state index in [0.29, 0.717) is 12.4 Å². The van der Waals surface area contributed by atoms with Gasteiger partial charge in [0.2, 0.25) is 0 Å². The Hall–Kier alpha value is -1.55. The Balaban J connectivity index is 2.54. The minimum Gasteiger partial charge on any atom is -0.491 e. The summed E-state index contributed by atoms with van der Waals surface area (Å²) in [5.74, 6) is 0.240. The van der Waals surface area contributed by atoms with Crippen LogP contribution in [0.2, 0.25) is 0 Å². The number of aryl methyl sites for hydroxylation is 1. The summed E-state index contributed by atoms with van der Waals surface area (Å²) in [6, 6.07) is 7.56. The van der Waals surface area contributed by atoms with E-state index >= 15 is 0 Å². The minimum absolute atomic E-state index is 0.0922. The molecule has 0 amide bonds. The maximum absolute atomic E-state index is 11.5. The molecule has 1 aromatic rings. The van der Waals surface area contributed by atoms with E-state index < -0.39 is 11.5 Å². The molecule has 0 radical (unpaired) electrons. The number of carbonyl (C=O) groups is 1. The Bertz CT molecular complexity index is 371. The number of hydrogen-bond acceptors (Lipinski definition) is 4. The lowest BCUT2D eigenvalue weighted by Gasteiger charge is -2.22. The monoisotopic (exact) mass is 237 g/mol. The Morgan fingerprint density at radius 1 is 1.35 bits per heavy atom. The van der Waals surface area contributed by atoms with Crippen LogP contribution in [0, 0.1) is 6.92 Å². The van der Waals surface area contributed by atoms with Crippen molar-refractivity contribution < 1.29 is 14.3 Å². The van der Waals surface area contributed by atoms with Crippen molar-refractivity contribution in [1.82, 2.24) is 0 Å². The highest BCUT2D eigenvalue weighted by Crippen LogP contribution is 2.13. The van der Waals surface area contributed by atoms with Gasteiger partial charge in [-0.05, 0) is 32.9 Å². The first-order valence-electron chi connectivity index (χ1n) is 5.61. The van der Waals surface area contributed by atoms with Crippen molar-refractivity contribution >= 4 is 5.97 Å². The van der Waals surface area contributed by atoms with Gasteiger partial charge in [-0.25, -0.2) is 4.79 Å². The molecule has 1 atom stereocenters. The molecule has 4 heteroatoms. The molecule has 1 aromatic carbocycles. The van der Waals surface area contributed by atoms with Gasteiger partial charge in [0.15, 0.2) is 0 Å². The molecule has 0 bridgehead atoms. The number of benzene rings is 1. The van der Waals surface area contributed by atoms with E-state index in [1.807, 2.05) is 31.2 Å². The molecule has 0 aliphatic carbocycles. The van der Waals surface area contributed by atoms with Gasteiger partial charge in [0.1, 0.15) is 17.9 Å². The van der Waals surface area contributed by atoms with E-state index in [1.54, 1.807) is 13.8 Å². The molecular weight excluding hydrogens is 218 g/mol. The van der Waals surface area contributed by atoms with Gasteiger partial charge in [-0.15, -0.1) is 0 Å². The van der Waals surface area contributed by atoms with E-state index in [9.17, 15) is 4.79 Å². The van der Waals surface area contributed by atoms with Gasteiger partial charge in [0.05, 0.1) is 6.61 Å². The maximum atomic E-state index is 11.5. The molecule has 0 spiro atoms. The first-order valence-corrected chi connectivity index (χ1v) is 5.61. The summed E-state index contributed by atoms with van der Waals surface area (Å²) in [6.45, 7) is 5.74. The first-order chi connectivity index (χ1) is 7.95. The third-order valence-electron chi connectivity index (χ3n) is 2.30. The first kappa shape index (κ1) is 13.5. The molecule has 4 nitrogen and oxygen atoms in total. The lowest BCUT2D eigenvalue weighted by molar-refractivity contribution is -0.150. The van der Waals surface area contributed by atoms with E-state index in [1.165, 1.54) is 0 Å². The van der Waals surface area contributed by atoms with Crippen LogP contribution in [0.3, 0.4) is 0 Å². The summed E-state index contributed by atoms with van der Waals surface area (Å²) in [5.41, 5.74) is 5.85. The fourth-order valence-corrected chi connectivity index (χ4v) is 1.22. The van der Waals surface area contributed by atoms with Gasteiger partial charge in [-0.1, -0.05) is 17.7 Å². The van der Waals surface area contributed by atoms with Gasteiger partial charge < -0.3 is 15.2 Å². The molecule has 1 unspecified atom stereocenters. The number of carbonyl (C=O) groups excluding carboxylic acids is 1. The Morgan fingerprint density at radius 3 is 2.47 bits per heavy atom. The van der Waals surface area contributed by atoms with E-state index in [-0.39, 0.29) is 6.61 Å². The van der Waals surface area contributed by atoms with Crippen LogP contribution < -0.4 is 10.5 Å². The van der Waals surface area contributed by atoms with Gasteiger partial charge in [0, 0.05) is 0 Å². The Labute approximate surface area is 102 Å². The summed E-state index contributed by atoms with van der Waals surface area (Å²) in [6.07, 6.45) is 0. The van der Waals surface area contributed by atoms with Crippen molar-refractivity contribution in [3.05, 3.63) is 29.8 Å². The van der Waals surface area contributed by atoms with E-state index in [4.69, 9.17) is 15.2 Å². The predicted octanol–water partition coefficient (Wildman–Crippen LogP) is 1.65. The quantitative estimate of drug-likeness (QED) is 0.791. The van der Waals surface area contributed by atoms with Crippen LogP contribution in [0.25, 0.3) is 0 Å². The molecule has 0 heterocycles. The lowest BCUT2D eigenvalue weighted by atomic mass is 10.1. The van der Waals surface area contributed by atoms with Crippen molar-refractivity contribution in [2.45, 2.75) is 26.3 Å². The minimum atomic E-state index is -1.12. The number of rotatable bonds is 5. The predicted molar refractivity (Wildman–Crippen MR) is 65.9 cm³/mol. The SMILES string of the molecule is CCOC(=O)C(C)(N)COc1ccc(C)cc1. The summed E-state index contributed by atoms with van der Waals surface area (Å²) in [4.78, 5) is 11.5. The highest BCUT2D eigenvalue weighted by molar-refractivity contribution is 5.80. The molecule has 0 saturated heterocycles. The number of nitrogens with two attached hydrogens (primary N) is 1. The number of ether oxygens (including phenoxy) is 2. The van der Waals surface area contributed by atoms with Gasteiger partial charge in [0.25, 0.3) is 0 Å². The average Bonchev–Trinajstić information content (AvgIpc) is 2.29. The molecule has 17 heavy (non-hydrogen) atoms. The van der Waals surface area contributed by atoms with Crippen LogP contribution in [0.5, 0.6) is 5.75 Å². The molecule has 0 aliphatic heterocycles. The smallest absolute Gasteiger partial charge is 0.329 e. The maximum Gasteiger partial charge on any atom is 0.329 e. The molecule has 2 N–H and O–H groups in total. The topological polar surface area (TPSA) is 61.5 Å². The van der Waals surface area contributed by atoms with Gasteiger partial charge >= 0.3 is 5.97 Å². The third kappa shape index (κ3) is 4.07. The van der Waals surface area contributed by atoms with Crippen LogP contribution in [-0.2, 0) is 9.53 Å². The van der Waals surface area contributed by atoms with Crippen LogP contribution in [-0.4, -0.2) is 24.7 Å². The van der Waals surface area contributed by atoms with Crippen LogP contribution in [0.4, 0.5) is 0 Å². The van der Waals surface area contributed by atoms with Gasteiger partial charge in [-0.3, -0.25) is 0 Å². The summed E-state index contributed by atoms with van der Waals surface area (Å²) in [7, 11) is 0. The van der Waals surface area contributed by atoms with Crippen LogP contribution in [0.15, 0.2) is 24.3 Å². The highest BCUT2D eigenvalue weighted by Gasteiger charge is 2.30. The van der Waals surface area contributed by atoms with Crippen molar-refractivity contribution in [2.75, 3.05) is 13.2 Å². The molecule has 0 aromatic heterocycles. The summed E-state index contributed by atoms with van der Waals surface area (Å²) < 4.78 is 10.3. The lowest BCUT2D eigenvalue weighted by Crippen LogP contribution is -2.51. The second-order valence-corrected chi connectivity index (χ2v) is 4.24. The van der Waals surface area contributed by atoms with Crippen LogP contribution in [0.1, 0.15) is 19.4 Å². The fourth-order valence-electron chi connectivity index (χ4n) is 1.22. The van der Waals surface area contributed by atoms with Crippen molar-refractivity contribution in [2.24, 2.45) is 5.73 Å². The molecule has 94 valence electrons. The molecule has 1 rings (SSSR count). The zero-order valence-corrected chi connectivity index (χ0v) is 10.5. The average molecular weight is 237 g/mol. The van der Waals surface area contributed by atoms with Gasteiger partial charge in [-0.2, -0.15) is 0 Å². The van der Waals surface area contributed by atoms with E-state index in [2.05, 4.69) is 0 Å². The molecular formula is C13H19NO3. The third-order valence-corrected chi connectivity index (χ3v) is 2.30. The number of hydrogen-bond donors (Lipinski definition) is 1. The fraction of sp³-hybridized carbons (Fsp3) is 0.462. The summed E-state index contributed by atoms with van der Waals surface area (Å²) >= 11 is 0. The second kappa shape index (κ2) is 5.68. The second-order valence-electron chi connectivity index (χ2n) is 4.24. The zero-order valence-electron chi connectivity index (χ0n) is 10.5. The molecule has 0 aliphatic rings. The highest BCUT2D eigenvalue weighted by atomic mass is 16.5. The van der Waals surface area contributed by atoms with Crippen molar-refractivity contribution in [1.29, 1.82) is 0 Å². The molecule has 0 fully saturated rings. The largest absolute Gasteiger partial charge is 0.491 e. The van der Waals surface area contributed by atoms with Crippen LogP contribution >= 0.6 is 0 Å². The zero-order chi connectivity index (χ0) is 12.9. The summed E-state index contributed by atoms with van der Waals surface area (Å²) in [5, 5.41) is 0. The van der Waals surface area contributed by atoms with Crippen molar-refractivity contribution in [3.8, 4) is 5.75 Å². The number of esters is 1. The normalized spacial score (nSPS) is 13.9. The Morgan fingerprint density at radius 2 is 1.94 bits per heavy atom.